The predicted molar refractivity (Wildman–Crippen MR) is 68.9 cm³/mol. The van der Waals surface area contributed by atoms with Crippen molar-refractivity contribution in [3.8, 4) is 0 Å². The molecule has 6 nitrogen and oxygen atoms in total. The summed E-state index contributed by atoms with van der Waals surface area (Å²) in [6, 6.07) is 2.93. The van der Waals surface area contributed by atoms with Gasteiger partial charge in [-0.15, -0.1) is 0 Å². The first kappa shape index (κ1) is 14.4. The molecule has 0 saturated carbocycles. The number of rotatable bonds is 4. The molecule has 2 atom stereocenters. The second-order valence-corrected chi connectivity index (χ2v) is 6.58. The fourth-order valence-corrected chi connectivity index (χ4v) is 3.42. The van der Waals surface area contributed by atoms with Crippen molar-refractivity contribution in [1.29, 1.82) is 0 Å². The van der Waals surface area contributed by atoms with Gasteiger partial charge in [0.05, 0.1) is 18.2 Å². The average Bonchev–Trinajstić information content (AvgIpc) is 2.68. The lowest BCUT2D eigenvalue weighted by Crippen LogP contribution is -2.50. The summed E-state index contributed by atoms with van der Waals surface area (Å²) in [5.74, 6) is 0. The zero-order valence-electron chi connectivity index (χ0n) is 11.0. The van der Waals surface area contributed by atoms with E-state index in [0.29, 0.717) is 18.6 Å². The Morgan fingerprint density at radius 3 is 2.79 bits per heavy atom. The van der Waals surface area contributed by atoms with Crippen LogP contribution in [0, 0.1) is 0 Å². The maximum absolute atomic E-state index is 12.2. The van der Waals surface area contributed by atoms with E-state index in [1.54, 1.807) is 6.07 Å². The molecule has 0 aromatic carbocycles. The summed E-state index contributed by atoms with van der Waals surface area (Å²) in [5, 5.41) is 8.86. The van der Waals surface area contributed by atoms with Crippen LogP contribution in [0.25, 0.3) is 0 Å². The van der Waals surface area contributed by atoms with E-state index in [0.717, 1.165) is 0 Å². The van der Waals surface area contributed by atoms with Crippen molar-refractivity contribution in [1.82, 2.24) is 9.71 Å². The molecule has 2 N–H and O–H groups in total. The van der Waals surface area contributed by atoms with E-state index >= 15 is 0 Å². The first-order chi connectivity index (χ1) is 8.87. The second kappa shape index (κ2) is 5.16. The topological polar surface area (TPSA) is 88.5 Å². The number of aliphatic hydroxyl groups is 1. The largest absolute Gasteiger partial charge is 0.392 e. The Bertz CT molecular complexity index is 543. The maximum Gasteiger partial charge on any atom is 0.258 e. The Balaban J connectivity index is 2.22. The van der Waals surface area contributed by atoms with E-state index in [2.05, 4.69) is 9.71 Å². The third-order valence-electron chi connectivity index (χ3n) is 3.51. The zero-order valence-corrected chi connectivity index (χ0v) is 11.8. The van der Waals surface area contributed by atoms with Crippen LogP contribution in [0.5, 0.6) is 0 Å². The van der Waals surface area contributed by atoms with Gasteiger partial charge in [0.25, 0.3) is 10.0 Å². The summed E-state index contributed by atoms with van der Waals surface area (Å²) < 4.78 is 32.6. The summed E-state index contributed by atoms with van der Waals surface area (Å²) in [5.41, 5.74) is -0.0429. The number of pyridine rings is 1. The predicted octanol–water partition coefficient (Wildman–Crippen LogP) is 0.420. The van der Waals surface area contributed by atoms with Crippen molar-refractivity contribution in [3.63, 3.8) is 0 Å². The molecule has 2 heterocycles. The SMILES string of the molecule is CC1OCCC1(C)NS(=O)(=O)c1ccc(CO)cn1. The van der Waals surface area contributed by atoms with Gasteiger partial charge in [-0.05, 0) is 31.9 Å². The zero-order chi connectivity index (χ0) is 14.1. The van der Waals surface area contributed by atoms with Crippen molar-refractivity contribution < 1.29 is 18.3 Å². The number of hydrogen-bond donors (Lipinski definition) is 2. The number of ether oxygens (including phenoxy) is 1. The van der Waals surface area contributed by atoms with E-state index in [4.69, 9.17) is 9.84 Å². The van der Waals surface area contributed by atoms with Gasteiger partial charge >= 0.3 is 0 Å². The van der Waals surface area contributed by atoms with Crippen LogP contribution in [0.1, 0.15) is 25.8 Å². The van der Waals surface area contributed by atoms with Gasteiger partial charge in [-0.1, -0.05) is 6.07 Å². The number of nitrogens with zero attached hydrogens (tertiary/aromatic N) is 1. The molecule has 1 aliphatic heterocycles. The van der Waals surface area contributed by atoms with Crippen molar-refractivity contribution in [2.45, 2.75) is 43.5 Å². The molecule has 2 unspecified atom stereocenters. The smallest absolute Gasteiger partial charge is 0.258 e. The van der Waals surface area contributed by atoms with E-state index in [1.807, 2.05) is 13.8 Å². The van der Waals surface area contributed by atoms with E-state index < -0.39 is 15.6 Å². The lowest BCUT2D eigenvalue weighted by Gasteiger charge is -2.28. The number of aliphatic hydroxyl groups excluding tert-OH is 1. The third kappa shape index (κ3) is 2.94. The Hall–Kier alpha value is -1.02. The first-order valence-electron chi connectivity index (χ1n) is 6.09. The highest BCUT2D eigenvalue weighted by atomic mass is 32.2. The van der Waals surface area contributed by atoms with E-state index in [1.165, 1.54) is 12.3 Å². The number of nitrogens with one attached hydrogen (secondary N) is 1. The van der Waals surface area contributed by atoms with Gasteiger partial charge in [-0.25, -0.2) is 18.1 Å². The Morgan fingerprint density at radius 2 is 2.32 bits per heavy atom. The van der Waals surface area contributed by atoms with Gasteiger partial charge in [0, 0.05) is 12.8 Å². The highest BCUT2D eigenvalue weighted by Crippen LogP contribution is 2.27. The van der Waals surface area contributed by atoms with Crippen molar-refractivity contribution in [2.24, 2.45) is 0 Å². The van der Waals surface area contributed by atoms with Crippen LogP contribution >= 0.6 is 0 Å². The lowest BCUT2D eigenvalue weighted by atomic mass is 9.97. The fraction of sp³-hybridized carbons (Fsp3) is 0.583. The number of aromatic nitrogens is 1. The molecule has 1 fully saturated rings. The molecule has 0 radical (unpaired) electrons. The summed E-state index contributed by atoms with van der Waals surface area (Å²) in [6.45, 7) is 4.04. The van der Waals surface area contributed by atoms with E-state index in [-0.39, 0.29) is 17.7 Å². The number of hydrogen-bond acceptors (Lipinski definition) is 5. The molecule has 0 spiro atoms. The third-order valence-corrected chi connectivity index (χ3v) is 5.04. The molecule has 2 rings (SSSR count). The molecule has 7 heteroatoms. The average molecular weight is 286 g/mol. The summed E-state index contributed by atoms with van der Waals surface area (Å²) in [6.07, 6.45) is 1.80. The summed E-state index contributed by atoms with van der Waals surface area (Å²) >= 11 is 0. The van der Waals surface area contributed by atoms with Crippen molar-refractivity contribution in [2.75, 3.05) is 6.61 Å². The molecule has 19 heavy (non-hydrogen) atoms. The summed E-state index contributed by atoms with van der Waals surface area (Å²) in [7, 11) is -3.68. The minimum Gasteiger partial charge on any atom is -0.392 e. The molecule has 1 saturated heterocycles. The van der Waals surface area contributed by atoms with Crippen LogP contribution in [-0.2, 0) is 21.4 Å². The first-order valence-corrected chi connectivity index (χ1v) is 7.57. The number of sulfonamides is 1. The molecule has 0 aliphatic carbocycles. The molecule has 1 aliphatic rings. The highest BCUT2D eigenvalue weighted by Gasteiger charge is 2.40. The quantitative estimate of drug-likeness (QED) is 0.837. The molecular weight excluding hydrogens is 268 g/mol. The fourth-order valence-electron chi connectivity index (χ4n) is 1.99. The molecule has 0 bridgehead atoms. The Morgan fingerprint density at radius 1 is 1.58 bits per heavy atom. The Labute approximate surface area is 112 Å². The lowest BCUT2D eigenvalue weighted by molar-refractivity contribution is 0.0957. The van der Waals surface area contributed by atoms with Crippen molar-refractivity contribution in [3.05, 3.63) is 23.9 Å². The van der Waals surface area contributed by atoms with Gasteiger partial charge in [-0.2, -0.15) is 0 Å². The van der Waals surface area contributed by atoms with Crippen LogP contribution in [-0.4, -0.2) is 36.8 Å². The van der Waals surface area contributed by atoms with Crippen LogP contribution in [0.3, 0.4) is 0 Å². The minimum absolute atomic E-state index is 0.0509. The van der Waals surface area contributed by atoms with Gasteiger partial charge in [0.1, 0.15) is 0 Å². The normalized spacial score (nSPS) is 27.6. The van der Waals surface area contributed by atoms with Gasteiger partial charge in [0.2, 0.25) is 0 Å². The van der Waals surface area contributed by atoms with Crippen LogP contribution in [0.15, 0.2) is 23.4 Å². The second-order valence-electron chi connectivity index (χ2n) is 4.95. The Kier molecular flexibility index (Phi) is 3.91. The van der Waals surface area contributed by atoms with Crippen LogP contribution in [0.2, 0.25) is 0 Å². The highest BCUT2D eigenvalue weighted by molar-refractivity contribution is 7.89. The molecular formula is C12H18N2O4S. The summed E-state index contributed by atoms with van der Waals surface area (Å²) in [4.78, 5) is 3.87. The monoisotopic (exact) mass is 286 g/mol. The standard InChI is InChI=1S/C12H18N2O4S/c1-9-12(2,5-6-18-9)14-19(16,17)11-4-3-10(8-15)7-13-11/h3-4,7,9,14-15H,5-6,8H2,1-2H3. The van der Waals surface area contributed by atoms with Crippen LogP contribution in [0.4, 0.5) is 0 Å². The molecule has 1 aromatic rings. The maximum atomic E-state index is 12.2. The molecule has 106 valence electrons. The van der Waals surface area contributed by atoms with Gasteiger partial charge < -0.3 is 9.84 Å². The van der Waals surface area contributed by atoms with Crippen LogP contribution < -0.4 is 4.72 Å². The van der Waals surface area contributed by atoms with Gasteiger partial charge in [0.15, 0.2) is 5.03 Å². The van der Waals surface area contributed by atoms with Gasteiger partial charge in [-0.3, -0.25) is 0 Å². The van der Waals surface area contributed by atoms with E-state index in [9.17, 15) is 8.42 Å². The van der Waals surface area contributed by atoms with Crippen molar-refractivity contribution >= 4 is 10.0 Å². The minimum atomic E-state index is -3.68. The molecule has 0 amide bonds. The molecule has 1 aromatic heterocycles.